The van der Waals surface area contributed by atoms with Gasteiger partial charge < -0.3 is 25.0 Å². The Labute approximate surface area is 180 Å². The zero-order chi connectivity index (χ0) is 21.3. The van der Waals surface area contributed by atoms with Crippen LogP contribution in [-0.2, 0) is 17.8 Å². The summed E-state index contributed by atoms with van der Waals surface area (Å²) in [7, 11) is 3.33. The molecule has 1 saturated carbocycles. The third-order valence-electron chi connectivity index (χ3n) is 6.00. The minimum atomic E-state index is 0.162. The van der Waals surface area contributed by atoms with Gasteiger partial charge in [0.15, 0.2) is 17.5 Å². The quantitative estimate of drug-likeness (QED) is 0.387. The number of methoxy groups -OCH3 is 2. The summed E-state index contributed by atoms with van der Waals surface area (Å²) in [6.07, 6.45) is 6.53. The summed E-state index contributed by atoms with van der Waals surface area (Å²) in [6.45, 7) is 5.70. The number of hydrogen-bond acceptors (Lipinski definition) is 4. The van der Waals surface area contributed by atoms with Gasteiger partial charge in [-0.2, -0.15) is 0 Å². The molecule has 0 spiro atoms. The van der Waals surface area contributed by atoms with Gasteiger partial charge in [-0.05, 0) is 55.4 Å². The fourth-order valence-corrected chi connectivity index (χ4v) is 4.40. The Balaban J connectivity index is 1.56. The molecule has 0 aromatic heterocycles. The van der Waals surface area contributed by atoms with Gasteiger partial charge in [0.2, 0.25) is 5.91 Å². The molecule has 166 valence electrons. The van der Waals surface area contributed by atoms with Crippen LogP contribution in [0, 0.1) is 5.92 Å². The molecule has 2 aliphatic rings. The van der Waals surface area contributed by atoms with Gasteiger partial charge >= 0.3 is 0 Å². The molecule has 1 heterocycles. The summed E-state index contributed by atoms with van der Waals surface area (Å²) in [6, 6.07) is 4.14. The molecule has 0 unspecified atom stereocenters. The summed E-state index contributed by atoms with van der Waals surface area (Å²) >= 11 is 0. The maximum Gasteiger partial charge on any atom is 0.220 e. The first-order valence-electron chi connectivity index (χ1n) is 11.2. The fraction of sp³-hybridized carbons (Fsp3) is 0.652. The molecule has 0 bridgehead atoms. The first kappa shape index (κ1) is 22.2. The molecule has 0 atom stereocenters. The van der Waals surface area contributed by atoms with E-state index in [1.165, 1.54) is 36.8 Å². The second kappa shape index (κ2) is 11.1. The molecule has 7 nitrogen and oxygen atoms in total. The topological polar surface area (TPSA) is 75.2 Å². The van der Waals surface area contributed by atoms with Gasteiger partial charge in [-0.1, -0.05) is 12.8 Å². The highest BCUT2D eigenvalue weighted by atomic mass is 16.5. The van der Waals surface area contributed by atoms with Crippen LogP contribution in [-0.4, -0.2) is 57.2 Å². The number of fused-ring (bicyclic) bond motifs is 1. The highest BCUT2D eigenvalue weighted by Crippen LogP contribution is 2.33. The van der Waals surface area contributed by atoms with Gasteiger partial charge in [0.05, 0.1) is 20.8 Å². The zero-order valence-electron chi connectivity index (χ0n) is 18.6. The lowest BCUT2D eigenvalue weighted by Gasteiger charge is -2.32. The Morgan fingerprint density at radius 1 is 1.13 bits per heavy atom. The Hall–Kier alpha value is -2.44. The minimum Gasteiger partial charge on any atom is -0.493 e. The number of guanidine groups is 1. The van der Waals surface area contributed by atoms with Crippen LogP contribution in [0.4, 0.5) is 0 Å². The molecule has 1 aliphatic carbocycles. The molecule has 1 fully saturated rings. The van der Waals surface area contributed by atoms with Crippen LogP contribution in [0.5, 0.6) is 11.5 Å². The van der Waals surface area contributed by atoms with Crippen LogP contribution in [0.1, 0.15) is 50.2 Å². The van der Waals surface area contributed by atoms with E-state index in [0.29, 0.717) is 25.4 Å². The summed E-state index contributed by atoms with van der Waals surface area (Å²) in [5.41, 5.74) is 2.52. The number of aliphatic imine (C=N–C) groups is 1. The van der Waals surface area contributed by atoms with Crippen LogP contribution in [0.25, 0.3) is 0 Å². The van der Waals surface area contributed by atoms with Crippen molar-refractivity contribution in [3.05, 3.63) is 23.3 Å². The molecular weight excluding hydrogens is 380 g/mol. The van der Waals surface area contributed by atoms with E-state index in [4.69, 9.17) is 14.5 Å². The highest BCUT2D eigenvalue weighted by Gasteiger charge is 2.22. The van der Waals surface area contributed by atoms with Gasteiger partial charge in [0.1, 0.15) is 0 Å². The average molecular weight is 417 g/mol. The molecule has 2 N–H and O–H groups in total. The number of nitrogens with zero attached hydrogens (tertiary/aromatic N) is 2. The van der Waals surface area contributed by atoms with Crippen molar-refractivity contribution >= 4 is 11.9 Å². The number of nitrogens with one attached hydrogen (secondary N) is 2. The van der Waals surface area contributed by atoms with E-state index in [1.54, 1.807) is 14.2 Å². The lowest BCUT2D eigenvalue weighted by Crippen LogP contribution is -2.44. The van der Waals surface area contributed by atoms with E-state index in [1.807, 2.05) is 0 Å². The molecule has 1 aromatic carbocycles. The SMILES string of the molecule is CCNC(=NCCNC(=O)CC1CCCC1)N1CCc2cc(OC)c(OC)cc2C1. The third kappa shape index (κ3) is 5.80. The van der Waals surface area contributed by atoms with Gasteiger partial charge in [0, 0.05) is 32.6 Å². The van der Waals surface area contributed by atoms with Crippen molar-refractivity contribution in [1.29, 1.82) is 0 Å². The van der Waals surface area contributed by atoms with Crippen molar-refractivity contribution in [1.82, 2.24) is 15.5 Å². The largest absolute Gasteiger partial charge is 0.493 e. The highest BCUT2D eigenvalue weighted by molar-refractivity contribution is 5.80. The van der Waals surface area contributed by atoms with E-state index in [2.05, 4.69) is 34.6 Å². The summed E-state index contributed by atoms with van der Waals surface area (Å²) in [5.74, 6) is 3.16. The number of hydrogen-bond donors (Lipinski definition) is 2. The summed E-state index contributed by atoms with van der Waals surface area (Å²) in [4.78, 5) is 19.1. The average Bonchev–Trinajstić information content (AvgIpc) is 3.27. The number of rotatable bonds is 8. The zero-order valence-corrected chi connectivity index (χ0v) is 18.6. The maximum atomic E-state index is 12.1. The maximum absolute atomic E-state index is 12.1. The van der Waals surface area contributed by atoms with Crippen LogP contribution < -0.4 is 20.1 Å². The van der Waals surface area contributed by atoms with E-state index < -0.39 is 0 Å². The molecule has 1 aliphatic heterocycles. The van der Waals surface area contributed by atoms with Crippen LogP contribution in [0.2, 0.25) is 0 Å². The fourth-order valence-electron chi connectivity index (χ4n) is 4.40. The Morgan fingerprint density at radius 2 is 1.83 bits per heavy atom. The second-order valence-electron chi connectivity index (χ2n) is 8.09. The lowest BCUT2D eigenvalue weighted by molar-refractivity contribution is -0.121. The van der Waals surface area contributed by atoms with Gasteiger partial charge in [-0.3, -0.25) is 9.79 Å². The number of carbonyl (C=O) groups excluding carboxylic acids is 1. The number of benzene rings is 1. The molecule has 7 heteroatoms. The van der Waals surface area contributed by atoms with Gasteiger partial charge in [0.25, 0.3) is 0 Å². The van der Waals surface area contributed by atoms with Crippen molar-refractivity contribution in [2.24, 2.45) is 10.9 Å². The molecule has 0 radical (unpaired) electrons. The normalized spacial score (nSPS) is 16.9. The number of carbonyl (C=O) groups is 1. The second-order valence-corrected chi connectivity index (χ2v) is 8.09. The Kier molecular flexibility index (Phi) is 8.22. The van der Waals surface area contributed by atoms with Crippen molar-refractivity contribution in [2.45, 2.75) is 52.0 Å². The monoisotopic (exact) mass is 416 g/mol. The van der Waals surface area contributed by atoms with Crippen LogP contribution >= 0.6 is 0 Å². The molecule has 30 heavy (non-hydrogen) atoms. The molecule has 1 amide bonds. The lowest BCUT2D eigenvalue weighted by atomic mass is 9.99. The van der Waals surface area contributed by atoms with E-state index >= 15 is 0 Å². The summed E-state index contributed by atoms with van der Waals surface area (Å²) in [5, 5.41) is 6.42. The Morgan fingerprint density at radius 3 is 2.50 bits per heavy atom. The van der Waals surface area contributed by atoms with Crippen molar-refractivity contribution in [3.63, 3.8) is 0 Å². The Bertz CT molecular complexity index is 744. The van der Waals surface area contributed by atoms with Gasteiger partial charge in [-0.25, -0.2) is 0 Å². The van der Waals surface area contributed by atoms with Crippen molar-refractivity contribution in [3.8, 4) is 11.5 Å². The van der Waals surface area contributed by atoms with Gasteiger partial charge in [-0.15, -0.1) is 0 Å². The molecule has 0 saturated heterocycles. The first-order chi connectivity index (χ1) is 14.6. The number of amides is 1. The molecular formula is C23H36N4O3. The standard InChI is InChI=1S/C23H36N4O3/c1-4-24-23(26-11-10-25-22(28)13-17-7-5-6-8-17)27-12-9-18-14-20(29-2)21(30-3)15-19(18)16-27/h14-15,17H,4-13,16H2,1-3H3,(H,24,26)(H,25,28). The van der Waals surface area contributed by atoms with Crippen LogP contribution in [0.3, 0.4) is 0 Å². The van der Waals surface area contributed by atoms with E-state index in [0.717, 1.165) is 43.5 Å². The van der Waals surface area contributed by atoms with Crippen LogP contribution in [0.15, 0.2) is 17.1 Å². The predicted octanol–water partition coefficient (Wildman–Crippen LogP) is 2.72. The molecule has 1 aromatic rings. The summed E-state index contributed by atoms with van der Waals surface area (Å²) < 4.78 is 10.9. The predicted molar refractivity (Wildman–Crippen MR) is 119 cm³/mol. The first-order valence-corrected chi connectivity index (χ1v) is 11.2. The van der Waals surface area contributed by atoms with E-state index in [-0.39, 0.29) is 5.91 Å². The third-order valence-corrected chi connectivity index (χ3v) is 6.00. The number of ether oxygens (including phenoxy) is 2. The van der Waals surface area contributed by atoms with Crippen molar-refractivity contribution in [2.75, 3.05) is 40.4 Å². The van der Waals surface area contributed by atoms with E-state index in [9.17, 15) is 4.79 Å². The van der Waals surface area contributed by atoms with Crippen molar-refractivity contribution < 1.29 is 14.3 Å². The molecule has 3 rings (SSSR count). The minimum absolute atomic E-state index is 0.162. The smallest absolute Gasteiger partial charge is 0.220 e.